The van der Waals surface area contributed by atoms with Gasteiger partial charge in [-0.05, 0) is 54.1 Å². The van der Waals surface area contributed by atoms with E-state index in [1.165, 1.54) is 30.9 Å². The number of rotatable bonds is 7. The highest BCUT2D eigenvalue weighted by atomic mass is 35.6. The summed E-state index contributed by atoms with van der Waals surface area (Å²) >= 11 is 17.8. The summed E-state index contributed by atoms with van der Waals surface area (Å²) in [5.74, 6) is -0.594. The van der Waals surface area contributed by atoms with Crippen LogP contribution in [0.25, 0.3) is 0 Å². The standard InChI is InChI=1S/C20H15Cl3N4O4/c21-20(22,23)19(26-18(29)16-2-1-11-30-16)31-15-5-3-13(4-6-15)12-25-27-17(28)14-7-9-24-10-8-14/h1-12,19H,(H,26,29)(H,27,28)/b25-12-/t19-/m0/s1. The minimum absolute atomic E-state index is 0.0447. The molecule has 0 radical (unpaired) electrons. The number of pyridine rings is 1. The number of halogens is 3. The zero-order valence-electron chi connectivity index (χ0n) is 15.7. The van der Waals surface area contributed by atoms with Gasteiger partial charge in [-0.3, -0.25) is 14.6 Å². The number of nitrogens with zero attached hydrogens (tertiary/aromatic N) is 2. The molecule has 2 heterocycles. The molecule has 0 saturated heterocycles. The Morgan fingerprint density at radius 3 is 2.39 bits per heavy atom. The number of carbonyl (C=O) groups is 2. The maximum absolute atomic E-state index is 12.2. The Hall–Kier alpha value is -3.07. The molecule has 1 atom stereocenters. The van der Waals surface area contributed by atoms with Crippen molar-refractivity contribution in [2.75, 3.05) is 0 Å². The Kier molecular flexibility index (Phi) is 7.51. The molecule has 0 fully saturated rings. The first-order chi connectivity index (χ1) is 14.8. The summed E-state index contributed by atoms with van der Waals surface area (Å²) in [5, 5.41) is 6.35. The second-order valence-corrected chi connectivity index (χ2v) is 8.36. The lowest BCUT2D eigenvalue weighted by atomic mass is 10.2. The minimum Gasteiger partial charge on any atom is -0.466 e. The van der Waals surface area contributed by atoms with E-state index in [-0.39, 0.29) is 11.7 Å². The van der Waals surface area contributed by atoms with Crippen LogP contribution in [0.5, 0.6) is 5.75 Å². The van der Waals surface area contributed by atoms with Gasteiger partial charge in [0.2, 0.25) is 10.0 Å². The van der Waals surface area contributed by atoms with Crippen LogP contribution in [0.4, 0.5) is 0 Å². The molecule has 1 aromatic carbocycles. The van der Waals surface area contributed by atoms with E-state index < -0.39 is 15.9 Å². The third-order valence-electron chi connectivity index (χ3n) is 3.76. The molecule has 11 heteroatoms. The smallest absolute Gasteiger partial charge is 0.289 e. The number of carbonyl (C=O) groups excluding carboxylic acids is 2. The largest absolute Gasteiger partial charge is 0.466 e. The number of hydrogen-bond acceptors (Lipinski definition) is 6. The molecule has 0 saturated carbocycles. The molecule has 3 aromatic rings. The summed E-state index contributed by atoms with van der Waals surface area (Å²) < 4.78 is 8.68. The van der Waals surface area contributed by atoms with Gasteiger partial charge in [-0.2, -0.15) is 5.10 Å². The lowest BCUT2D eigenvalue weighted by molar-refractivity contribution is 0.0804. The number of nitrogens with one attached hydrogen (secondary N) is 2. The van der Waals surface area contributed by atoms with E-state index in [0.29, 0.717) is 16.9 Å². The fourth-order valence-corrected chi connectivity index (χ4v) is 2.58. The van der Waals surface area contributed by atoms with Crippen LogP contribution in [0, 0.1) is 0 Å². The van der Waals surface area contributed by atoms with Crippen LogP contribution in [-0.2, 0) is 0 Å². The summed E-state index contributed by atoms with van der Waals surface area (Å²) in [6.07, 6.45) is 4.54. The Morgan fingerprint density at radius 2 is 1.77 bits per heavy atom. The highest BCUT2D eigenvalue weighted by Crippen LogP contribution is 2.32. The topological polar surface area (TPSA) is 106 Å². The number of furan rings is 1. The zero-order valence-corrected chi connectivity index (χ0v) is 17.9. The third kappa shape index (κ3) is 6.71. The molecule has 0 aliphatic rings. The molecule has 2 amide bonds. The van der Waals surface area contributed by atoms with E-state index in [1.807, 2.05) is 0 Å². The van der Waals surface area contributed by atoms with E-state index in [1.54, 1.807) is 42.5 Å². The van der Waals surface area contributed by atoms with Crippen molar-refractivity contribution in [2.45, 2.75) is 10.0 Å². The van der Waals surface area contributed by atoms with Gasteiger partial charge in [0.25, 0.3) is 11.8 Å². The average molecular weight is 482 g/mol. The Morgan fingerprint density at radius 1 is 1.06 bits per heavy atom. The Bertz CT molecular complexity index is 1040. The molecule has 3 rings (SSSR count). The van der Waals surface area contributed by atoms with Crippen LogP contribution in [0.2, 0.25) is 0 Å². The van der Waals surface area contributed by atoms with Crippen LogP contribution in [0.1, 0.15) is 26.5 Å². The molecular weight excluding hydrogens is 467 g/mol. The Balaban J connectivity index is 1.60. The maximum atomic E-state index is 12.2. The SMILES string of the molecule is O=C(N/N=C\c1ccc(O[C@H](NC(=O)c2ccco2)C(Cl)(Cl)Cl)cc1)c1ccncc1. The Labute approximate surface area is 192 Å². The second kappa shape index (κ2) is 10.3. The lowest BCUT2D eigenvalue weighted by Gasteiger charge is -2.25. The van der Waals surface area contributed by atoms with Crippen molar-refractivity contribution in [2.24, 2.45) is 5.10 Å². The van der Waals surface area contributed by atoms with Crippen LogP contribution in [-0.4, -0.2) is 33.0 Å². The second-order valence-electron chi connectivity index (χ2n) is 5.99. The van der Waals surface area contributed by atoms with Crippen LogP contribution < -0.4 is 15.5 Å². The van der Waals surface area contributed by atoms with Crippen LogP contribution in [0.3, 0.4) is 0 Å². The van der Waals surface area contributed by atoms with E-state index in [0.717, 1.165) is 0 Å². The summed E-state index contributed by atoms with van der Waals surface area (Å²) in [7, 11) is 0. The molecule has 0 spiro atoms. The van der Waals surface area contributed by atoms with Crippen molar-refractivity contribution in [1.82, 2.24) is 15.7 Å². The highest BCUT2D eigenvalue weighted by Gasteiger charge is 2.36. The lowest BCUT2D eigenvalue weighted by Crippen LogP contribution is -2.47. The molecule has 0 aliphatic carbocycles. The average Bonchev–Trinajstić information content (AvgIpc) is 3.29. The van der Waals surface area contributed by atoms with E-state index in [2.05, 4.69) is 20.8 Å². The van der Waals surface area contributed by atoms with Gasteiger partial charge in [-0.15, -0.1) is 0 Å². The summed E-state index contributed by atoms with van der Waals surface area (Å²) in [6, 6.07) is 12.7. The minimum atomic E-state index is -1.94. The fraction of sp³-hybridized carbons (Fsp3) is 0.100. The molecule has 160 valence electrons. The van der Waals surface area contributed by atoms with Gasteiger partial charge in [0.1, 0.15) is 5.75 Å². The maximum Gasteiger partial charge on any atom is 0.289 e. The summed E-state index contributed by atoms with van der Waals surface area (Å²) in [5.41, 5.74) is 3.52. The number of alkyl halides is 3. The van der Waals surface area contributed by atoms with Crippen LogP contribution in [0.15, 0.2) is 76.7 Å². The molecule has 0 unspecified atom stereocenters. The molecule has 8 nitrogen and oxygen atoms in total. The van der Waals surface area contributed by atoms with Gasteiger partial charge in [0.05, 0.1) is 12.5 Å². The molecule has 0 bridgehead atoms. The monoisotopic (exact) mass is 480 g/mol. The normalized spacial score (nSPS) is 12.4. The number of hydrogen-bond donors (Lipinski definition) is 2. The van der Waals surface area contributed by atoms with Crippen molar-refractivity contribution in [3.63, 3.8) is 0 Å². The van der Waals surface area contributed by atoms with E-state index >= 15 is 0 Å². The first-order valence-electron chi connectivity index (χ1n) is 8.74. The van der Waals surface area contributed by atoms with Gasteiger partial charge < -0.3 is 14.5 Å². The van der Waals surface area contributed by atoms with Crippen molar-refractivity contribution in [3.05, 3.63) is 84.1 Å². The van der Waals surface area contributed by atoms with Gasteiger partial charge in [0.15, 0.2) is 5.76 Å². The van der Waals surface area contributed by atoms with Crippen molar-refractivity contribution in [1.29, 1.82) is 0 Å². The molecule has 2 aromatic heterocycles. The number of amides is 2. The van der Waals surface area contributed by atoms with E-state index in [9.17, 15) is 9.59 Å². The molecule has 0 aliphatic heterocycles. The predicted molar refractivity (Wildman–Crippen MR) is 117 cm³/mol. The van der Waals surface area contributed by atoms with Gasteiger partial charge >= 0.3 is 0 Å². The quantitative estimate of drug-likeness (QED) is 0.230. The predicted octanol–water partition coefficient (Wildman–Crippen LogP) is 3.94. The van der Waals surface area contributed by atoms with Gasteiger partial charge in [0, 0.05) is 18.0 Å². The molecule has 2 N–H and O–H groups in total. The molecule has 31 heavy (non-hydrogen) atoms. The van der Waals surface area contributed by atoms with Gasteiger partial charge in [-0.1, -0.05) is 34.8 Å². The van der Waals surface area contributed by atoms with Crippen LogP contribution >= 0.6 is 34.8 Å². The number of hydrazone groups is 1. The van der Waals surface area contributed by atoms with Crippen molar-refractivity contribution >= 4 is 52.8 Å². The highest BCUT2D eigenvalue weighted by molar-refractivity contribution is 6.68. The summed E-state index contributed by atoms with van der Waals surface area (Å²) in [4.78, 5) is 27.9. The number of benzene rings is 1. The first-order valence-corrected chi connectivity index (χ1v) is 9.87. The zero-order chi connectivity index (χ0) is 22.3. The third-order valence-corrected chi connectivity index (χ3v) is 4.36. The fourth-order valence-electron chi connectivity index (χ4n) is 2.28. The number of ether oxygens (including phenoxy) is 1. The van der Waals surface area contributed by atoms with E-state index in [4.69, 9.17) is 44.0 Å². The number of aromatic nitrogens is 1. The first kappa shape index (κ1) is 22.6. The summed E-state index contributed by atoms with van der Waals surface area (Å²) in [6.45, 7) is 0. The van der Waals surface area contributed by atoms with Crippen molar-refractivity contribution in [3.8, 4) is 5.75 Å². The van der Waals surface area contributed by atoms with Gasteiger partial charge in [-0.25, -0.2) is 5.43 Å². The van der Waals surface area contributed by atoms with Crippen molar-refractivity contribution < 1.29 is 18.7 Å². The molecular formula is C20H15Cl3N4O4.